The zero-order chi connectivity index (χ0) is 14.4. The zero-order valence-corrected chi connectivity index (χ0v) is 13.0. The van der Waals surface area contributed by atoms with Crippen LogP contribution in [0.1, 0.15) is 44.6 Å². The van der Waals surface area contributed by atoms with E-state index in [9.17, 15) is 0 Å². The summed E-state index contributed by atoms with van der Waals surface area (Å²) in [6.45, 7) is 4.24. The molecule has 3 nitrogen and oxygen atoms in total. The Bertz CT molecular complexity index is 392. The van der Waals surface area contributed by atoms with Crippen LogP contribution in [0.25, 0.3) is 0 Å². The fourth-order valence-corrected chi connectivity index (χ4v) is 3.39. The number of pyridine rings is 1. The lowest BCUT2D eigenvalue weighted by Crippen LogP contribution is -2.52. The molecule has 2 atom stereocenters. The van der Waals surface area contributed by atoms with Gasteiger partial charge in [0.25, 0.3) is 0 Å². The molecule has 1 aliphatic rings. The second-order valence-electron chi connectivity index (χ2n) is 6.49. The Hall–Kier alpha value is -0.930. The highest BCUT2D eigenvalue weighted by Gasteiger charge is 2.34. The van der Waals surface area contributed by atoms with Gasteiger partial charge in [-0.1, -0.05) is 19.8 Å². The van der Waals surface area contributed by atoms with Gasteiger partial charge in [-0.15, -0.1) is 0 Å². The third kappa shape index (κ3) is 3.80. The third-order valence-corrected chi connectivity index (χ3v) is 5.12. The molecule has 20 heavy (non-hydrogen) atoms. The summed E-state index contributed by atoms with van der Waals surface area (Å²) in [5.74, 6) is 0.858. The number of hydrogen-bond donors (Lipinski definition) is 1. The summed E-state index contributed by atoms with van der Waals surface area (Å²) in [6, 6.07) is 4.22. The van der Waals surface area contributed by atoms with Crippen molar-refractivity contribution in [2.75, 3.05) is 20.1 Å². The van der Waals surface area contributed by atoms with Gasteiger partial charge in [-0.05, 0) is 56.3 Å². The molecule has 1 heterocycles. The number of nitrogens with two attached hydrogens (primary N) is 1. The molecule has 0 bridgehead atoms. The summed E-state index contributed by atoms with van der Waals surface area (Å²) in [5.41, 5.74) is 7.75. The number of aromatic nitrogens is 1. The Morgan fingerprint density at radius 3 is 2.75 bits per heavy atom. The van der Waals surface area contributed by atoms with Gasteiger partial charge in [-0.25, -0.2) is 0 Å². The highest BCUT2D eigenvalue weighted by Crippen LogP contribution is 2.33. The van der Waals surface area contributed by atoms with E-state index in [1.54, 1.807) is 0 Å². The Morgan fingerprint density at radius 2 is 2.05 bits per heavy atom. The summed E-state index contributed by atoms with van der Waals surface area (Å²) < 4.78 is 0. The van der Waals surface area contributed by atoms with Gasteiger partial charge in [0.2, 0.25) is 0 Å². The SMILES string of the molecule is CC1CCCC(CN)(N(C)CCc2ccncc2)CC1. The standard InChI is InChI=1S/C17H29N3/c1-15-4-3-9-17(14-18,10-5-15)20(2)13-8-16-6-11-19-12-7-16/h6-7,11-12,15H,3-5,8-10,13-14,18H2,1-2H3. The van der Waals surface area contributed by atoms with Crippen LogP contribution in [0, 0.1) is 5.92 Å². The molecule has 1 aliphatic carbocycles. The zero-order valence-electron chi connectivity index (χ0n) is 13.0. The topological polar surface area (TPSA) is 42.1 Å². The van der Waals surface area contributed by atoms with Crippen molar-refractivity contribution in [3.8, 4) is 0 Å². The van der Waals surface area contributed by atoms with Crippen LogP contribution in [0.3, 0.4) is 0 Å². The van der Waals surface area contributed by atoms with E-state index >= 15 is 0 Å². The van der Waals surface area contributed by atoms with Gasteiger partial charge < -0.3 is 5.73 Å². The maximum Gasteiger partial charge on any atom is 0.0328 e. The molecular weight excluding hydrogens is 246 g/mol. The van der Waals surface area contributed by atoms with Crippen molar-refractivity contribution in [3.05, 3.63) is 30.1 Å². The van der Waals surface area contributed by atoms with Gasteiger partial charge in [0.1, 0.15) is 0 Å². The first-order valence-electron chi connectivity index (χ1n) is 7.96. The maximum absolute atomic E-state index is 6.17. The molecule has 2 N–H and O–H groups in total. The number of rotatable bonds is 5. The molecule has 0 amide bonds. The minimum Gasteiger partial charge on any atom is -0.329 e. The lowest BCUT2D eigenvalue weighted by molar-refractivity contribution is 0.107. The summed E-state index contributed by atoms with van der Waals surface area (Å²) >= 11 is 0. The Balaban J connectivity index is 1.95. The largest absolute Gasteiger partial charge is 0.329 e. The predicted octanol–water partition coefficient (Wildman–Crippen LogP) is 2.85. The van der Waals surface area contributed by atoms with Crippen LogP contribution in [-0.2, 0) is 6.42 Å². The van der Waals surface area contributed by atoms with E-state index in [-0.39, 0.29) is 5.54 Å². The first-order valence-corrected chi connectivity index (χ1v) is 7.96. The Morgan fingerprint density at radius 1 is 1.30 bits per heavy atom. The van der Waals surface area contributed by atoms with Crippen molar-refractivity contribution in [2.45, 2.75) is 51.0 Å². The molecule has 0 radical (unpaired) electrons. The molecular formula is C17H29N3. The molecule has 2 rings (SSSR count). The second kappa shape index (κ2) is 7.19. The van der Waals surface area contributed by atoms with E-state index in [0.717, 1.165) is 25.4 Å². The molecule has 3 heteroatoms. The van der Waals surface area contributed by atoms with Crippen LogP contribution < -0.4 is 5.73 Å². The highest BCUT2D eigenvalue weighted by atomic mass is 15.2. The lowest BCUT2D eigenvalue weighted by atomic mass is 9.88. The van der Waals surface area contributed by atoms with Crippen LogP contribution in [0.4, 0.5) is 0 Å². The van der Waals surface area contributed by atoms with Crippen LogP contribution in [-0.4, -0.2) is 35.6 Å². The summed E-state index contributed by atoms with van der Waals surface area (Å²) in [6.07, 6.45) is 11.3. The minimum atomic E-state index is 0.220. The van der Waals surface area contributed by atoms with E-state index in [0.29, 0.717) is 0 Å². The minimum absolute atomic E-state index is 0.220. The van der Waals surface area contributed by atoms with Crippen molar-refractivity contribution in [3.63, 3.8) is 0 Å². The van der Waals surface area contributed by atoms with Crippen LogP contribution in [0.5, 0.6) is 0 Å². The molecule has 0 aromatic carbocycles. The molecule has 1 aromatic heterocycles. The van der Waals surface area contributed by atoms with Crippen LogP contribution in [0.2, 0.25) is 0 Å². The molecule has 112 valence electrons. The smallest absolute Gasteiger partial charge is 0.0328 e. The van der Waals surface area contributed by atoms with E-state index in [1.165, 1.54) is 37.7 Å². The third-order valence-electron chi connectivity index (χ3n) is 5.12. The van der Waals surface area contributed by atoms with Gasteiger partial charge in [-0.2, -0.15) is 0 Å². The van der Waals surface area contributed by atoms with E-state index in [2.05, 4.69) is 36.0 Å². The number of hydrogen-bond acceptors (Lipinski definition) is 3. The lowest BCUT2D eigenvalue weighted by Gasteiger charge is -2.41. The molecule has 0 spiro atoms. The van der Waals surface area contributed by atoms with E-state index < -0.39 is 0 Å². The fourth-order valence-electron chi connectivity index (χ4n) is 3.39. The summed E-state index contributed by atoms with van der Waals surface area (Å²) in [7, 11) is 2.25. The van der Waals surface area contributed by atoms with Crippen LogP contribution in [0.15, 0.2) is 24.5 Å². The molecule has 0 aliphatic heterocycles. The number of likely N-dealkylation sites (N-methyl/N-ethyl adjacent to an activating group) is 1. The second-order valence-corrected chi connectivity index (χ2v) is 6.49. The monoisotopic (exact) mass is 275 g/mol. The van der Waals surface area contributed by atoms with Crippen molar-refractivity contribution < 1.29 is 0 Å². The van der Waals surface area contributed by atoms with Crippen molar-refractivity contribution >= 4 is 0 Å². The normalized spacial score (nSPS) is 27.5. The van der Waals surface area contributed by atoms with Gasteiger partial charge >= 0.3 is 0 Å². The van der Waals surface area contributed by atoms with Gasteiger partial charge in [0.15, 0.2) is 0 Å². The van der Waals surface area contributed by atoms with E-state index in [4.69, 9.17) is 5.73 Å². The first-order chi connectivity index (χ1) is 9.66. The van der Waals surface area contributed by atoms with Gasteiger partial charge in [0, 0.05) is 31.0 Å². The first kappa shape index (κ1) is 15.5. The summed E-state index contributed by atoms with van der Waals surface area (Å²) in [4.78, 5) is 6.60. The molecule has 1 saturated carbocycles. The van der Waals surface area contributed by atoms with Crippen LogP contribution >= 0.6 is 0 Å². The average Bonchev–Trinajstić information content (AvgIpc) is 2.68. The Kier molecular flexibility index (Phi) is 5.55. The average molecular weight is 275 g/mol. The highest BCUT2D eigenvalue weighted by molar-refractivity contribution is 5.10. The Labute approximate surface area is 123 Å². The van der Waals surface area contributed by atoms with Crippen molar-refractivity contribution in [1.29, 1.82) is 0 Å². The predicted molar refractivity (Wildman–Crippen MR) is 84.6 cm³/mol. The van der Waals surface area contributed by atoms with Gasteiger partial charge in [-0.3, -0.25) is 9.88 Å². The molecule has 1 aromatic rings. The molecule has 1 fully saturated rings. The van der Waals surface area contributed by atoms with Crippen molar-refractivity contribution in [2.24, 2.45) is 11.7 Å². The van der Waals surface area contributed by atoms with E-state index in [1.807, 2.05) is 12.4 Å². The molecule has 2 unspecified atom stereocenters. The summed E-state index contributed by atoms with van der Waals surface area (Å²) in [5, 5.41) is 0. The molecule has 0 saturated heterocycles. The maximum atomic E-state index is 6.17. The fraction of sp³-hybridized carbons (Fsp3) is 0.706. The number of nitrogens with zero attached hydrogens (tertiary/aromatic N) is 2. The van der Waals surface area contributed by atoms with Gasteiger partial charge in [0.05, 0.1) is 0 Å². The quantitative estimate of drug-likeness (QED) is 0.840. The van der Waals surface area contributed by atoms with Crippen molar-refractivity contribution in [1.82, 2.24) is 9.88 Å².